The van der Waals surface area contributed by atoms with E-state index in [1.165, 1.54) is 5.56 Å². The molecule has 0 aliphatic carbocycles. The molecule has 3 heterocycles. The minimum atomic E-state index is 0.0958. The second kappa shape index (κ2) is 7.12. The zero-order valence-corrected chi connectivity index (χ0v) is 15.8. The lowest BCUT2D eigenvalue weighted by Gasteiger charge is -2.31. The smallest absolute Gasteiger partial charge is 0.270 e. The number of amides is 1. The van der Waals surface area contributed by atoms with Gasteiger partial charge >= 0.3 is 0 Å². The number of hydrogen-bond donors (Lipinski definition) is 1. The van der Waals surface area contributed by atoms with Gasteiger partial charge in [0.15, 0.2) is 0 Å². The van der Waals surface area contributed by atoms with E-state index in [1.54, 1.807) is 6.20 Å². The number of likely N-dealkylation sites (tertiary alicyclic amines) is 1. The number of H-pyrrole nitrogens is 1. The molecule has 1 amide bonds. The van der Waals surface area contributed by atoms with Crippen LogP contribution < -0.4 is 0 Å². The third-order valence-electron chi connectivity index (χ3n) is 5.87. The van der Waals surface area contributed by atoms with Crippen molar-refractivity contribution in [2.24, 2.45) is 5.92 Å². The highest BCUT2D eigenvalue weighted by atomic mass is 16.2. The van der Waals surface area contributed by atoms with E-state index >= 15 is 0 Å². The maximum Gasteiger partial charge on any atom is 0.270 e. The molecule has 0 saturated carbocycles. The zero-order chi connectivity index (χ0) is 18.9. The Kier molecular flexibility index (Phi) is 4.32. The fourth-order valence-corrected chi connectivity index (χ4v) is 4.31. The highest BCUT2D eigenvalue weighted by Crippen LogP contribution is 2.26. The Morgan fingerprint density at radius 2 is 1.79 bits per heavy atom. The van der Waals surface area contributed by atoms with Crippen molar-refractivity contribution in [2.45, 2.75) is 19.3 Å². The van der Waals surface area contributed by atoms with Crippen LogP contribution in [-0.4, -0.2) is 33.9 Å². The summed E-state index contributed by atoms with van der Waals surface area (Å²) in [6, 6.07) is 20.7. The zero-order valence-electron chi connectivity index (χ0n) is 15.8. The number of nitrogens with one attached hydrogen (secondary N) is 1. The number of carbonyl (C=O) groups excluding carboxylic acids is 1. The third kappa shape index (κ3) is 3.15. The summed E-state index contributed by atoms with van der Waals surface area (Å²) in [5, 5.41) is 2.12. The Morgan fingerprint density at radius 1 is 1.00 bits per heavy atom. The predicted octanol–water partition coefficient (Wildman–Crippen LogP) is 4.81. The summed E-state index contributed by atoms with van der Waals surface area (Å²) >= 11 is 0. The van der Waals surface area contributed by atoms with Gasteiger partial charge in [-0.25, -0.2) is 0 Å². The summed E-state index contributed by atoms with van der Waals surface area (Å²) in [4.78, 5) is 22.9. The van der Waals surface area contributed by atoms with E-state index in [-0.39, 0.29) is 5.91 Å². The van der Waals surface area contributed by atoms with Crippen molar-refractivity contribution < 1.29 is 4.79 Å². The van der Waals surface area contributed by atoms with Gasteiger partial charge in [-0.15, -0.1) is 0 Å². The Morgan fingerprint density at radius 3 is 2.61 bits per heavy atom. The molecule has 5 rings (SSSR count). The Balaban J connectivity index is 1.31. The summed E-state index contributed by atoms with van der Waals surface area (Å²) in [7, 11) is 0. The molecule has 1 N–H and O–H groups in total. The minimum absolute atomic E-state index is 0.0958. The largest absolute Gasteiger partial charge is 0.349 e. The average molecular weight is 369 g/mol. The lowest BCUT2D eigenvalue weighted by atomic mass is 9.90. The van der Waals surface area contributed by atoms with E-state index in [1.807, 2.05) is 23.1 Å². The maximum atomic E-state index is 13.0. The Hall–Kier alpha value is -3.14. The summed E-state index contributed by atoms with van der Waals surface area (Å²) in [6.45, 7) is 1.65. The first-order valence-corrected chi connectivity index (χ1v) is 9.97. The first-order chi connectivity index (χ1) is 13.8. The van der Waals surface area contributed by atoms with Gasteiger partial charge in [0.1, 0.15) is 5.69 Å². The molecule has 1 aliphatic heterocycles. The molecule has 0 radical (unpaired) electrons. The third-order valence-corrected chi connectivity index (χ3v) is 5.87. The lowest BCUT2D eigenvalue weighted by Crippen LogP contribution is -2.39. The number of aromatic nitrogens is 2. The van der Waals surface area contributed by atoms with Crippen LogP contribution in [0.3, 0.4) is 0 Å². The van der Waals surface area contributed by atoms with Gasteiger partial charge in [0.25, 0.3) is 5.91 Å². The quantitative estimate of drug-likeness (QED) is 0.563. The van der Waals surface area contributed by atoms with Crippen LogP contribution in [0, 0.1) is 5.92 Å². The highest BCUT2D eigenvalue weighted by Gasteiger charge is 2.25. The number of hydrogen-bond acceptors (Lipinski definition) is 2. The van der Waals surface area contributed by atoms with Crippen LogP contribution in [0.15, 0.2) is 66.9 Å². The number of rotatable bonds is 3. The van der Waals surface area contributed by atoms with Crippen LogP contribution in [0.4, 0.5) is 0 Å². The fourth-order valence-electron chi connectivity index (χ4n) is 4.31. The van der Waals surface area contributed by atoms with Crippen molar-refractivity contribution in [1.29, 1.82) is 0 Å². The SMILES string of the molecule is O=C(c1cc2ccc3cccnc3c2[nH]1)N1CCC(Cc2ccccc2)CC1. The molecule has 1 saturated heterocycles. The van der Waals surface area contributed by atoms with E-state index in [9.17, 15) is 4.79 Å². The van der Waals surface area contributed by atoms with Crippen molar-refractivity contribution in [2.75, 3.05) is 13.1 Å². The molecule has 4 nitrogen and oxygen atoms in total. The molecule has 0 bridgehead atoms. The predicted molar refractivity (Wildman–Crippen MR) is 112 cm³/mol. The van der Waals surface area contributed by atoms with Crippen molar-refractivity contribution in [1.82, 2.24) is 14.9 Å². The van der Waals surface area contributed by atoms with E-state index in [2.05, 4.69) is 52.4 Å². The van der Waals surface area contributed by atoms with Crippen molar-refractivity contribution in [3.63, 3.8) is 0 Å². The van der Waals surface area contributed by atoms with E-state index < -0.39 is 0 Å². The standard InChI is InChI=1S/C24H23N3O/c28-24(27-13-10-18(11-14-27)15-17-5-2-1-3-6-17)21-16-20-9-8-19-7-4-12-25-22(19)23(20)26-21/h1-9,12,16,18,26H,10-11,13-15H2. The first-order valence-electron chi connectivity index (χ1n) is 9.97. The Labute approximate surface area is 164 Å². The Bertz CT molecular complexity index is 1120. The molecular formula is C24H23N3O. The van der Waals surface area contributed by atoms with Crippen LogP contribution >= 0.6 is 0 Å². The number of piperidine rings is 1. The molecule has 2 aromatic heterocycles. The molecule has 0 spiro atoms. The number of aromatic amines is 1. The average Bonchev–Trinajstić information content (AvgIpc) is 3.19. The molecule has 4 heteroatoms. The van der Waals surface area contributed by atoms with Crippen LogP contribution in [0.1, 0.15) is 28.9 Å². The lowest BCUT2D eigenvalue weighted by molar-refractivity contribution is 0.0685. The molecule has 140 valence electrons. The van der Waals surface area contributed by atoms with Gasteiger partial charge < -0.3 is 9.88 Å². The van der Waals surface area contributed by atoms with Gasteiger partial charge in [-0.1, -0.05) is 48.5 Å². The van der Waals surface area contributed by atoms with Gasteiger partial charge in [0.05, 0.1) is 11.0 Å². The number of nitrogens with zero attached hydrogens (tertiary/aromatic N) is 2. The summed E-state index contributed by atoms with van der Waals surface area (Å²) in [6.07, 6.45) is 5.02. The summed E-state index contributed by atoms with van der Waals surface area (Å²) < 4.78 is 0. The minimum Gasteiger partial charge on any atom is -0.349 e. The fraction of sp³-hybridized carbons (Fsp3) is 0.250. The van der Waals surface area contributed by atoms with Crippen LogP contribution in [0.2, 0.25) is 0 Å². The van der Waals surface area contributed by atoms with Gasteiger partial charge in [0, 0.05) is 30.1 Å². The molecule has 2 aromatic carbocycles. The molecule has 0 unspecified atom stereocenters. The molecule has 1 fully saturated rings. The number of pyridine rings is 1. The molecule has 28 heavy (non-hydrogen) atoms. The molecule has 4 aromatic rings. The normalized spacial score (nSPS) is 15.4. The maximum absolute atomic E-state index is 13.0. The van der Waals surface area contributed by atoms with Gasteiger partial charge in [-0.3, -0.25) is 9.78 Å². The number of benzene rings is 2. The highest BCUT2D eigenvalue weighted by molar-refractivity contribution is 6.07. The van der Waals surface area contributed by atoms with Crippen LogP contribution in [-0.2, 0) is 6.42 Å². The monoisotopic (exact) mass is 369 g/mol. The van der Waals surface area contributed by atoms with E-state index in [0.717, 1.165) is 54.2 Å². The van der Waals surface area contributed by atoms with E-state index in [0.29, 0.717) is 11.6 Å². The number of carbonyl (C=O) groups is 1. The van der Waals surface area contributed by atoms with Crippen LogP contribution in [0.5, 0.6) is 0 Å². The first kappa shape index (κ1) is 17.0. The second-order valence-electron chi connectivity index (χ2n) is 7.71. The second-order valence-corrected chi connectivity index (χ2v) is 7.71. The molecule has 0 atom stereocenters. The van der Waals surface area contributed by atoms with Crippen LogP contribution in [0.25, 0.3) is 21.8 Å². The van der Waals surface area contributed by atoms with Gasteiger partial charge in [-0.05, 0) is 42.9 Å². The summed E-state index contributed by atoms with van der Waals surface area (Å²) in [5.74, 6) is 0.751. The van der Waals surface area contributed by atoms with E-state index in [4.69, 9.17) is 0 Å². The summed E-state index contributed by atoms with van der Waals surface area (Å²) in [5.41, 5.74) is 3.91. The van der Waals surface area contributed by atoms with Gasteiger partial charge in [-0.2, -0.15) is 0 Å². The van der Waals surface area contributed by atoms with Crippen molar-refractivity contribution >= 4 is 27.7 Å². The topological polar surface area (TPSA) is 49.0 Å². The van der Waals surface area contributed by atoms with Crippen molar-refractivity contribution in [3.05, 3.63) is 78.1 Å². The molecule has 1 aliphatic rings. The van der Waals surface area contributed by atoms with Gasteiger partial charge in [0.2, 0.25) is 0 Å². The molecular weight excluding hydrogens is 346 g/mol. The number of fused-ring (bicyclic) bond motifs is 3. The van der Waals surface area contributed by atoms with Crippen molar-refractivity contribution in [3.8, 4) is 0 Å².